The van der Waals surface area contributed by atoms with E-state index in [9.17, 15) is 4.79 Å². The van der Waals surface area contributed by atoms with Gasteiger partial charge in [-0.15, -0.1) is 0 Å². The second kappa shape index (κ2) is 4.97. The number of carbonyl (C=O) groups excluding carboxylic acids is 1. The number of carbonyl (C=O) groups is 1. The summed E-state index contributed by atoms with van der Waals surface area (Å²) in [4.78, 5) is 16.7. The van der Waals surface area contributed by atoms with E-state index in [1.165, 1.54) is 11.3 Å². The van der Waals surface area contributed by atoms with Crippen molar-refractivity contribution in [2.24, 2.45) is 0 Å². The first kappa shape index (κ1) is 11.6. The van der Waals surface area contributed by atoms with Gasteiger partial charge in [0.25, 0.3) is 11.1 Å². The van der Waals surface area contributed by atoms with Crippen molar-refractivity contribution >= 4 is 17.2 Å². The highest BCUT2D eigenvalue weighted by Gasteiger charge is 2.18. The van der Waals surface area contributed by atoms with Crippen LogP contribution < -0.4 is 10.1 Å². The van der Waals surface area contributed by atoms with Crippen LogP contribution in [0.4, 0.5) is 0 Å². The van der Waals surface area contributed by atoms with Crippen LogP contribution in [0.25, 0.3) is 10.4 Å². The van der Waals surface area contributed by atoms with Crippen LogP contribution in [-0.2, 0) is 0 Å². The number of methoxy groups -OCH3 is 1. The van der Waals surface area contributed by atoms with Gasteiger partial charge in [-0.25, -0.2) is 0 Å². The van der Waals surface area contributed by atoms with Crippen molar-refractivity contribution in [3.8, 4) is 15.6 Å². The topological polar surface area (TPSA) is 51.2 Å². The first-order chi connectivity index (χ1) is 8.26. The third-order valence-electron chi connectivity index (χ3n) is 2.26. The van der Waals surface area contributed by atoms with Crippen LogP contribution in [0.2, 0.25) is 0 Å². The summed E-state index contributed by atoms with van der Waals surface area (Å²) in [7, 11) is 3.13. The van der Waals surface area contributed by atoms with Gasteiger partial charge in [0.2, 0.25) is 0 Å². The molecule has 0 bridgehead atoms. The number of rotatable bonds is 3. The van der Waals surface area contributed by atoms with Gasteiger partial charge in [0.15, 0.2) is 5.69 Å². The zero-order valence-electron chi connectivity index (χ0n) is 9.56. The van der Waals surface area contributed by atoms with E-state index in [-0.39, 0.29) is 5.91 Å². The van der Waals surface area contributed by atoms with Crippen LogP contribution in [0.15, 0.2) is 30.3 Å². The number of nitrogens with zero attached hydrogens (tertiary/aromatic N) is 1. The standard InChI is InChI=1S/C12H12N2O2S/c1-13-11(15)9-10(17-12(14-9)16-2)8-6-4-3-5-7-8/h3-7H,1-2H3,(H,13,15). The molecule has 0 aliphatic heterocycles. The molecule has 1 heterocycles. The highest BCUT2D eigenvalue weighted by Crippen LogP contribution is 2.33. The van der Waals surface area contributed by atoms with Crippen molar-refractivity contribution in [3.63, 3.8) is 0 Å². The zero-order chi connectivity index (χ0) is 12.3. The molecule has 0 unspecified atom stereocenters. The minimum atomic E-state index is -0.205. The molecule has 1 aromatic heterocycles. The summed E-state index contributed by atoms with van der Waals surface area (Å²) in [5.41, 5.74) is 1.37. The summed E-state index contributed by atoms with van der Waals surface area (Å²) in [6, 6.07) is 9.67. The van der Waals surface area contributed by atoms with E-state index >= 15 is 0 Å². The van der Waals surface area contributed by atoms with Gasteiger partial charge >= 0.3 is 0 Å². The van der Waals surface area contributed by atoms with Gasteiger partial charge in [-0.3, -0.25) is 4.79 Å². The molecule has 2 rings (SSSR count). The van der Waals surface area contributed by atoms with E-state index < -0.39 is 0 Å². The van der Waals surface area contributed by atoms with Gasteiger partial charge < -0.3 is 10.1 Å². The van der Waals surface area contributed by atoms with Crippen LogP contribution in [0, 0.1) is 0 Å². The maximum Gasteiger partial charge on any atom is 0.274 e. The van der Waals surface area contributed by atoms with Gasteiger partial charge in [0.05, 0.1) is 12.0 Å². The van der Waals surface area contributed by atoms with Crippen molar-refractivity contribution < 1.29 is 9.53 Å². The summed E-state index contributed by atoms with van der Waals surface area (Å²) in [5, 5.41) is 3.07. The van der Waals surface area contributed by atoms with Gasteiger partial charge in [0, 0.05) is 7.05 Å². The second-order valence-electron chi connectivity index (χ2n) is 3.31. The van der Waals surface area contributed by atoms with Gasteiger partial charge in [-0.05, 0) is 5.56 Å². The van der Waals surface area contributed by atoms with Crippen LogP contribution >= 0.6 is 11.3 Å². The molecular formula is C12H12N2O2S. The van der Waals surface area contributed by atoms with Crippen LogP contribution in [-0.4, -0.2) is 25.0 Å². The van der Waals surface area contributed by atoms with E-state index in [1.807, 2.05) is 30.3 Å². The van der Waals surface area contributed by atoms with E-state index in [0.29, 0.717) is 10.9 Å². The molecule has 1 aromatic carbocycles. The fourth-order valence-electron chi connectivity index (χ4n) is 1.45. The number of thiazole rings is 1. The maximum atomic E-state index is 11.7. The number of aromatic nitrogens is 1. The van der Waals surface area contributed by atoms with Crippen LogP contribution in [0.1, 0.15) is 10.5 Å². The lowest BCUT2D eigenvalue weighted by molar-refractivity contribution is 0.0959. The lowest BCUT2D eigenvalue weighted by atomic mass is 10.1. The minimum absolute atomic E-state index is 0.205. The predicted molar refractivity (Wildman–Crippen MR) is 67.5 cm³/mol. The predicted octanol–water partition coefficient (Wildman–Crippen LogP) is 2.18. The average Bonchev–Trinajstić information content (AvgIpc) is 2.83. The van der Waals surface area contributed by atoms with Crippen molar-refractivity contribution in [1.82, 2.24) is 10.3 Å². The molecule has 88 valence electrons. The fraction of sp³-hybridized carbons (Fsp3) is 0.167. The normalized spacial score (nSPS) is 10.0. The molecule has 0 saturated carbocycles. The summed E-state index contributed by atoms with van der Waals surface area (Å²) >= 11 is 1.36. The summed E-state index contributed by atoms with van der Waals surface area (Å²) in [6.07, 6.45) is 0. The summed E-state index contributed by atoms with van der Waals surface area (Å²) in [5.74, 6) is -0.205. The third kappa shape index (κ3) is 2.29. The number of amides is 1. The quantitative estimate of drug-likeness (QED) is 0.905. The lowest BCUT2D eigenvalue weighted by Crippen LogP contribution is -2.18. The van der Waals surface area contributed by atoms with Gasteiger partial charge in [-0.1, -0.05) is 41.7 Å². The maximum absolute atomic E-state index is 11.7. The zero-order valence-corrected chi connectivity index (χ0v) is 10.4. The van der Waals surface area contributed by atoms with Crippen molar-refractivity contribution in [1.29, 1.82) is 0 Å². The summed E-state index contributed by atoms with van der Waals surface area (Å²) in [6.45, 7) is 0. The first-order valence-electron chi connectivity index (χ1n) is 5.08. The Balaban J connectivity index is 2.52. The monoisotopic (exact) mass is 248 g/mol. The Morgan fingerprint density at radius 3 is 2.65 bits per heavy atom. The molecule has 0 atom stereocenters. The summed E-state index contributed by atoms with van der Waals surface area (Å²) < 4.78 is 5.08. The molecule has 4 nitrogen and oxygen atoms in total. The molecule has 0 fully saturated rings. The Bertz CT molecular complexity index is 523. The lowest BCUT2D eigenvalue weighted by Gasteiger charge is -2.00. The Kier molecular flexibility index (Phi) is 3.39. The van der Waals surface area contributed by atoms with E-state index in [0.717, 1.165) is 10.4 Å². The molecule has 1 amide bonds. The molecule has 2 aromatic rings. The number of hydrogen-bond donors (Lipinski definition) is 1. The molecule has 5 heteroatoms. The van der Waals surface area contributed by atoms with Crippen molar-refractivity contribution in [2.45, 2.75) is 0 Å². The van der Waals surface area contributed by atoms with Crippen LogP contribution in [0.3, 0.4) is 0 Å². The molecular weight excluding hydrogens is 236 g/mol. The van der Waals surface area contributed by atoms with Crippen molar-refractivity contribution in [2.75, 3.05) is 14.2 Å². The van der Waals surface area contributed by atoms with Crippen molar-refractivity contribution in [3.05, 3.63) is 36.0 Å². The number of nitrogens with one attached hydrogen (secondary N) is 1. The molecule has 17 heavy (non-hydrogen) atoms. The Hall–Kier alpha value is -1.88. The van der Waals surface area contributed by atoms with E-state index in [4.69, 9.17) is 4.74 Å². The molecule has 0 spiro atoms. The number of hydrogen-bond acceptors (Lipinski definition) is 4. The average molecular weight is 248 g/mol. The molecule has 0 radical (unpaired) electrons. The van der Waals surface area contributed by atoms with Crippen LogP contribution in [0.5, 0.6) is 5.19 Å². The van der Waals surface area contributed by atoms with E-state index in [1.54, 1.807) is 14.2 Å². The molecule has 0 aliphatic rings. The fourth-order valence-corrected chi connectivity index (χ4v) is 2.33. The number of ether oxygens (including phenoxy) is 1. The van der Waals surface area contributed by atoms with Gasteiger partial charge in [-0.2, -0.15) is 4.98 Å². The third-order valence-corrected chi connectivity index (χ3v) is 3.33. The smallest absolute Gasteiger partial charge is 0.274 e. The second-order valence-corrected chi connectivity index (χ2v) is 4.27. The highest BCUT2D eigenvalue weighted by atomic mass is 32.1. The molecule has 0 saturated heterocycles. The van der Waals surface area contributed by atoms with Gasteiger partial charge in [0.1, 0.15) is 0 Å². The first-order valence-corrected chi connectivity index (χ1v) is 5.90. The Morgan fingerprint density at radius 1 is 1.35 bits per heavy atom. The van der Waals surface area contributed by atoms with E-state index in [2.05, 4.69) is 10.3 Å². The molecule has 0 aliphatic carbocycles. The SMILES string of the molecule is CNC(=O)c1nc(OC)sc1-c1ccccc1. The Labute approximate surface area is 103 Å². The number of benzene rings is 1. The largest absolute Gasteiger partial charge is 0.473 e. The highest BCUT2D eigenvalue weighted by molar-refractivity contribution is 7.17. The Morgan fingerprint density at radius 2 is 2.06 bits per heavy atom. The minimum Gasteiger partial charge on any atom is -0.473 e. The molecule has 1 N–H and O–H groups in total.